The predicted octanol–water partition coefficient (Wildman–Crippen LogP) is 2.92. The summed E-state index contributed by atoms with van der Waals surface area (Å²) < 4.78 is 37.5. The molecule has 9 nitrogen and oxygen atoms in total. The molecule has 4 rings (SSSR count). The Morgan fingerprint density at radius 1 is 1.30 bits per heavy atom. The number of carbonyl (C=O) groups excluding carboxylic acids is 1. The number of hydrogen-bond acceptors (Lipinski definition) is 7. The molecule has 158 valence electrons. The van der Waals surface area contributed by atoms with Crippen LogP contribution < -0.4 is 10.1 Å². The molecule has 1 amide bonds. The number of benzene rings is 2. The molecule has 30 heavy (non-hydrogen) atoms. The molecule has 1 fully saturated rings. The fourth-order valence-electron chi connectivity index (χ4n) is 3.49. The second-order valence-electron chi connectivity index (χ2n) is 6.93. The molecule has 1 aliphatic rings. The van der Waals surface area contributed by atoms with E-state index in [2.05, 4.69) is 20.3 Å². The summed E-state index contributed by atoms with van der Waals surface area (Å²) in [5, 5.41) is 10.6. The van der Waals surface area contributed by atoms with Gasteiger partial charge in [0.1, 0.15) is 16.2 Å². The Morgan fingerprint density at radius 3 is 2.90 bits per heavy atom. The maximum atomic E-state index is 13.2. The van der Waals surface area contributed by atoms with Gasteiger partial charge in [-0.15, -0.1) is 0 Å². The van der Waals surface area contributed by atoms with Crippen LogP contribution in [-0.2, 0) is 14.8 Å². The van der Waals surface area contributed by atoms with Crippen LogP contribution in [0.3, 0.4) is 0 Å². The van der Waals surface area contributed by atoms with Crippen molar-refractivity contribution >= 4 is 44.3 Å². The summed E-state index contributed by atoms with van der Waals surface area (Å²) in [7, 11) is -2.35. The van der Waals surface area contributed by atoms with Gasteiger partial charge in [-0.3, -0.25) is 4.79 Å². The van der Waals surface area contributed by atoms with Gasteiger partial charge in [0.25, 0.3) is 0 Å². The van der Waals surface area contributed by atoms with Gasteiger partial charge in [-0.1, -0.05) is 17.7 Å². The Kier molecular flexibility index (Phi) is 5.63. The van der Waals surface area contributed by atoms with Crippen molar-refractivity contribution < 1.29 is 22.6 Å². The van der Waals surface area contributed by atoms with Crippen LogP contribution in [0, 0.1) is 5.92 Å². The number of carbonyl (C=O) groups is 1. The highest BCUT2D eigenvalue weighted by molar-refractivity contribution is 7.89. The third-order valence-corrected chi connectivity index (χ3v) is 7.23. The normalized spacial score (nSPS) is 17.7. The molecule has 0 bridgehead atoms. The van der Waals surface area contributed by atoms with Gasteiger partial charge in [-0.05, 0) is 53.5 Å². The Morgan fingerprint density at radius 2 is 2.13 bits per heavy atom. The SMILES string of the molecule is COc1ccc(NC(=O)[C@H]2CCCN(S(=O)(=O)c3cccc4nonc34)C2)cc1Cl. The highest BCUT2D eigenvalue weighted by Gasteiger charge is 2.35. The lowest BCUT2D eigenvalue weighted by Gasteiger charge is -2.31. The smallest absolute Gasteiger partial charge is 0.245 e. The molecule has 1 atom stereocenters. The number of methoxy groups -OCH3 is 1. The first-order chi connectivity index (χ1) is 14.4. The van der Waals surface area contributed by atoms with E-state index in [0.717, 1.165) is 0 Å². The summed E-state index contributed by atoms with van der Waals surface area (Å²) in [6.45, 7) is 0.391. The van der Waals surface area contributed by atoms with Crippen LogP contribution in [0.15, 0.2) is 45.9 Å². The summed E-state index contributed by atoms with van der Waals surface area (Å²) in [5.74, 6) is -0.261. The Hall–Kier alpha value is -2.69. The van der Waals surface area contributed by atoms with Gasteiger partial charge in [-0.25, -0.2) is 13.0 Å². The van der Waals surface area contributed by atoms with Crippen molar-refractivity contribution in [1.82, 2.24) is 14.6 Å². The minimum atomic E-state index is -3.86. The lowest BCUT2D eigenvalue weighted by Crippen LogP contribution is -2.43. The van der Waals surface area contributed by atoms with Crippen LogP contribution in [-0.4, -0.2) is 49.1 Å². The fourth-order valence-corrected chi connectivity index (χ4v) is 5.41. The second kappa shape index (κ2) is 8.21. The summed E-state index contributed by atoms with van der Waals surface area (Å²) in [6, 6.07) is 9.59. The number of nitrogens with one attached hydrogen (secondary N) is 1. The van der Waals surface area contributed by atoms with Gasteiger partial charge in [0.2, 0.25) is 15.9 Å². The Balaban J connectivity index is 1.52. The quantitative estimate of drug-likeness (QED) is 0.635. The van der Waals surface area contributed by atoms with E-state index in [1.54, 1.807) is 30.3 Å². The zero-order chi connectivity index (χ0) is 21.3. The maximum Gasteiger partial charge on any atom is 0.245 e. The molecule has 1 N–H and O–H groups in total. The highest BCUT2D eigenvalue weighted by Crippen LogP contribution is 2.30. The molecule has 0 unspecified atom stereocenters. The second-order valence-corrected chi connectivity index (χ2v) is 9.24. The number of nitrogens with zero attached hydrogens (tertiary/aromatic N) is 3. The van der Waals surface area contributed by atoms with Crippen molar-refractivity contribution in [3.63, 3.8) is 0 Å². The van der Waals surface area contributed by atoms with Gasteiger partial charge in [0.15, 0.2) is 5.52 Å². The third kappa shape index (κ3) is 3.85. The van der Waals surface area contributed by atoms with Crippen molar-refractivity contribution in [3.8, 4) is 5.75 Å². The monoisotopic (exact) mass is 450 g/mol. The van der Waals surface area contributed by atoms with Gasteiger partial charge in [-0.2, -0.15) is 4.31 Å². The molecule has 0 saturated carbocycles. The van der Waals surface area contributed by atoms with Gasteiger partial charge in [0, 0.05) is 18.8 Å². The molecule has 1 saturated heterocycles. The number of rotatable bonds is 5. The summed E-state index contributed by atoms with van der Waals surface area (Å²) in [5.41, 5.74) is 1.06. The first kappa shape index (κ1) is 20.6. The largest absolute Gasteiger partial charge is 0.495 e. The van der Waals surface area contributed by atoms with E-state index in [9.17, 15) is 13.2 Å². The summed E-state index contributed by atoms with van der Waals surface area (Å²) in [4.78, 5) is 12.8. The van der Waals surface area contributed by atoms with E-state index in [-0.39, 0.29) is 22.9 Å². The molecule has 11 heteroatoms. The summed E-state index contributed by atoms with van der Waals surface area (Å²) in [6.07, 6.45) is 1.14. The van der Waals surface area contributed by atoms with Crippen molar-refractivity contribution in [2.45, 2.75) is 17.7 Å². The van der Waals surface area contributed by atoms with Gasteiger partial charge < -0.3 is 10.1 Å². The molecule has 2 heterocycles. The number of hydrogen-bond donors (Lipinski definition) is 1. The molecule has 0 aliphatic carbocycles. The van der Waals surface area contributed by atoms with Gasteiger partial charge in [0.05, 0.1) is 18.1 Å². The number of aromatic nitrogens is 2. The van der Waals surface area contributed by atoms with Crippen molar-refractivity contribution in [2.24, 2.45) is 5.92 Å². The standard InChI is InChI=1S/C19H19ClN4O5S/c1-28-16-8-7-13(10-14(16)20)21-19(25)12-4-3-9-24(11-12)30(26,27)17-6-2-5-15-18(17)23-29-22-15/h2,5-8,10,12H,3-4,9,11H2,1H3,(H,21,25)/t12-/m0/s1. The number of sulfonamides is 1. The maximum absolute atomic E-state index is 13.2. The first-order valence-corrected chi connectivity index (χ1v) is 11.1. The lowest BCUT2D eigenvalue weighted by molar-refractivity contribution is -0.120. The molecule has 3 aromatic rings. The topological polar surface area (TPSA) is 115 Å². The summed E-state index contributed by atoms with van der Waals surface area (Å²) >= 11 is 6.11. The van der Waals surface area contributed by atoms with E-state index in [0.29, 0.717) is 41.4 Å². The van der Waals surface area contributed by atoms with E-state index < -0.39 is 15.9 Å². The van der Waals surface area contributed by atoms with Crippen molar-refractivity contribution in [2.75, 3.05) is 25.5 Å². The van der Waals surface area contributed by atoms with Gasteiger partial charge >= 0.3 is 0 Å². The number of fused-ring (bicyclic) bond motifs is 1. The van der Waals surface area contributed by atoms with Crippen molar-refractivity contribution in [3.05, 3.63) is 41.4 Å². The highest BCUT2D eigenvalue weighted by atomic mass is 35.5. The fraction of sp³-hybridized carbons (Fsp3) is 0.316. The number of halogens is 1. The Bertz CT molecular complexity index is 1200. The molecular formula is C19H19ClN4O5S. The van der Waals surface area contributed by atoms with Crippen molar-refractivity contribution in [1.29, 1.82) is 0 Å². The van der Waals surface area contributed by atoms with Crippen LogP contribution in [0.4, 0.5) is 5.69 Å². The van der Waals surface area contributed by atoms with E-state index in [1.807, 2.05) is 0 Å². The number of anilines is 1. The molecule has 0 spiro atoms. The van der Waals surface area contributed by atoms with Crippen LogP contribution in [0.1, 0.15) is 12.8 Å². The average molecular weight is 451 g/mol. The number of piperidine rings is 1. The van der Waals surface area contributed by atoms with E-state index in [1.165, 1.54) is 17.5 Å². The van der Waals surface area contributed by atoms with Crippen LogP contribution in [0.2, 0.25) is 5.02 Å². The van der Waals surface area contributed by atoms with Crippen LogP contribution in [0.25, 0.3) is 11.0 Å². The van der Waals surface area contributed by atoms with E-state index >= 15 is 0 Å². The third-order valence-electron chi connectivity index (χ3n) is 5.04. The average Bonchev–Trinajstić information content (AvgIpc) is 3.23. The molecule has 2 aromatic carbocycles. The minimum Gasteiger partial charge on any atom is -0.495 e. The predicted molar refractivity (Wildman–Crippen MR) is 110 cm³/mol. The molecule has 1 aliphatic heterocycles. The first-order valence-electron chi connectivity index (χ1n) is 9.26. The van der Waals surface area contributed by atoms with E-state index in [4.69, 9.17) is 16.3 Å². The zero-order valence-corrected chi connectivity index (χ0v) is 17.6. The molecule has 0 radical (unpaired) electrons. The number of amides is 1. The Labute approximate surface area is 178 Å². The molecular weight excluding hydrogens is 432 g/mol. The van der Waals surface area contributed by atoms with Crippen LogP contribution >= 0.6 is 11.6 Å². The van der Waals surface area contributed by atoms with Crippen LogP contribution in [0.5, 0.6) is 5.75 Å². The minimum absolute atomic E-state index is 0.0178. The zero-order valence-electron chi connectivity index (χ0n) is 16.0. The molecule has 1 aromatic heterocycles. The lowest BCUT2D eigenvalue weighted by atomic mass is 9.98. The number of ether oxygens (including phenoxy) is 1.